The molecule has 0 bridgehead atoms. The van der Waals surface area contributed by atoms with Crippen LogP contribution in [0.25, 0.3) is 0 Å². The van der Waals surface area contributed by atoms with Crippen LogP contribution >= 0.6 is 0 Å². The lowest BCUT2D eigenvalue weighted by molar-refractivity contribution is -0.140. The second-order valence-corrected chi connectivity index (χ2v) is 11.5. The van der Waals surface area contributed by atoms with Crippen molar-refractivity contribution in [3.05, 3.63) is 59.7 Å². The van der Waals surface area contributed by atoms with Gasteiger partial charge in [-0.2, -0.15) is 0 Å². The number of methoxy groups -OCH3 is 1. The highest BCUT2D eigenvalue weighted by Gasteiger charge is 2.32. The van der Waals surface area contributed by atoms with Crippen LogP contribution in [0, 0.1) is 0 Å². The summed E-state index contributed by atoms with van der Waals surface area (Å²) >= 11 is 0. The van der Waals surface area contributed by atoms with Gasteiger partial charge in [0.25, 0.3) is 0 Å². The first-order valence-electron chi connectivity index (χ1n) is 12.7. The average molecular weight is 532 g/mol. The number of hydrogen-bond acceptors (Lipinski definition) is 5. The molecule has 0 saturated heterocycles. The molecule has 0 aromatic heterocycles. The summed E-state index contributed by atoms with van der Waals surface area (Å²) in [6.45, 7) is 9.42. The van der Waals surface area contributed by atoms with Gasteiger partial charge in [0.15, 0.2) is 0 Å². The summed E-state index contributed by atoms with van der Waals surface area (Å²) in [5.74, 6) is 0.0190. The molecule has 0 aliphatic heterocycles. The molecule has 1 N–H and O–H groups in total. The third kappa shape index (κ3) is 8.21. The topological polar surface area (TPSA) is 96.0 Å². The van der Waals surface area contributed by atoms with Crippen molar-refractivity contribution in [1.29, 1.82) is 0 Å². The molecule has 2 aromatic carbocycles. The van der Waals surface area contributed by atoms with Gasteiger partial charge in [-0.25, -0.2) is 8.42 Å². The van der Waals surface area contributed by atoms with Crippen LogP contribution in [0.5, 0.6) is 5.75 Å². The SMILES string of the molecule is CC[C@H](C)NC(=O)[C@H](CC)N(Cc1ccc(OC)cc1)C(=O)CN(c1ccccc1C(C)C)S(C)(=O)=O. The van der Waals surface area contributed by atoms with E-state index in [1.807, 2.05) is 58.9 Å². The van der Waals surface area contributed by atoms with Gasteiger partial charge in [-0.05, 0) is 55.0 Å². The van der Waals surface area contributed by atoms with Crippen molar-refractivity contribution in [1.82, 2.24) is 10.2 Å². The first-order chi connectivity index (χ1) is 17.4. The molecule has 2 atom stereocenters. The highest BCUT2D eigenvalue weighted by molar-refractivity contribution is 7.92. The van der Waals surface area contributed by atoms with Crippen LogP contribution in [-0.4, -0.2) is 57.1 Å². The molecule has 2 rings (SSSR count). The second kappa shape index (κ2) is 13.5. The van der Waals surface area contributed by atoms with Crippen LogP contribution in [0.15, 0.2) is 48.5 Å². The number of hydrogen-bond donors (Lipinski definition) is 1. The lowest BCUT2D eigenvalue weighted by Crippen LogP contribution is -2.53. The Labute approximate surface area is 222 Å². The Kier molecular flexibility index (Phi) is 11.0. The van der Waals surface area contributed by atoms with Gasteiger partial charge in [-0.15, -0.1) is 0 Å². The van der Waals surface area contributed by atoms with Crippen LogP contribution in [0.4, 0.5) is 5.69 Å². The van der Waals surface area contributed by atoms with E-state index in [2.05, 4.69) is 5.32 Å². The zero-order valence-corrected chi connectivity index (χ0v) is 23.8. The predicted molar refractivity (Wildman–Crippen MR) is 148 cm³/mol. The van der Waals surface area contributed by atoms with Crippen molar-refractivity contribution in [2.75, 3.05) is 24.2 Å². The fourth-order valence-electron chi connectivity index (χ4n) is 4.09. The van der Waals surface area contributed by atoms with Gasteiger partial charge in [-0.1, -0.05) is 58.0 Å². The molecule has 2 aromatic rings. The molecule has 204 valence electrons. The smallest absolute Gasteiger partial charge is 0.244 e. The minimum absolute atomic E-state index is 0.0510. The molecule has 0 spiro atoms. The van der Waals surface area contributed by atoms with E-state index in [-0.39, 0.29) is 24.4 Å². The van der Waals surface area contributed by atoms with E-state index >= 15 is 0 Å². The van der Waals surface area contributed by atoms with E-state index in [1.165, 1.54) is 4.90 Å². The second-order valence-electron chi connectivity index (χ2n) is 9.59. The number of carbonyl (C=O) groups is 2. The first kappa shape index (κ1) is 30.2. The van der Waals surface area contributed by atoms with Crippen molar-refractivity contribution in [3.8, 4) is 5.75 Å². The van der Waals surface area contributed by atoms with E-state index in [4.69, 9.17) is 4.74 Å². The van der Waals surface area contributed by atoms with Gasteiger partial charge in [-0.3, -0.25) is 13.9 Å². The number of nitrogens with zero attached hydrogens (tertiary/aromatic N) is 2. The number of amides is 2. The third-order valence-corrected chi connectivity index (χ3v) is 7.53. The molecule has 0 fully saturated rings. The Morgan fingerprint density at radius 1 is 0.973 bits per heavy atom. The first-order valence-corrected chi connectivity index (χ1v) is 14.6. The van der Waals surface area contributed by atoms with E-state index in [9.17, 15) is 18.0 Å². The molecule has 0 aliphatic carbocycles. The van der Waals surface area contributed by atoms with Gasteiger partial charge >= 0.3 is 0 Å². The van der Waals surface area contributed by atoms with E-state index in [0.29, 0.717) is 17.9 Å². The molecule has 2 amide bonds. The maximum absolute atomic E-state index is 13.9. The number of ether oxygens (including phenoxy) is 1. The molecule has 37 heavy (non-hydrogen) atoms. The fourth-order valence-corrected chi connectivity index (χ4v) is 4.95. The zero-order valence-electron chi connectivity index (χ0n) is 23.0. The van der Waals surface area contributed by atoms with Crippen LogP contribution in [-0.2, 0) is 26.2 Å². The number of rotatable bonds is 13. The summed E-state index contributed by atoms with van der Waals surface area (Å²) in [5.41, 5.74) is 2.09. The minimum atomic E-state index is -3.79. The van der Waals surface area contributed by atoms with Crippen LogP contribution < -0.4 is 14.4 Å². The molecule has 0 saturated carbocycles. The largest absolute Gasteiger partial charge is 0.497 e. The minimum Gasteiger partial charge on any atom is -0.497 e. The summed E-state index contributed by atoms with van der Waals surface area (Å²) in [7, 11) is -2.22. The van der Waals surface area contributed by atoms with Gasteiger partial charge in [0, 0.05) is 12.6 Å². The molecular weight excluding hydrogens is 490 g/mol. The molecule has 0 heterocycles. The fraction of sp³-hybridized carbons (Fsp3) is 0.500. The normalized spacial score (nSPS) is 13.1. The maximum Gasteiger partial charge on any atom is 0.244 e. The Bertz CT molecular complexity index is 1150. The summed E-state index contributed by atoms with van der Waals surface area (Å²) in [4.78, 5) is 28.6. The van der Waals surface area contributed by atoms with Gasteiger partial charge in [0.05, 0.1) is 19.1 Å². The highest BCUT2D eigenvalue weighted by Crippen LogP contribution is 2.29. The summed E-state index contributed by atoms with van der Waals surface area (Å²) < 4.78 is 32.2. The van der Waals surface area contributed by atoms with Crippen molar-refractivity contribution in [2.24, 2.45) is 0 Å². The highest BCUT2D eigenvalue weighted by atomic mass is 32.2. The zero-order chi connectivity index (χ0) is 27.8. The number of sulfonamides is 1. The number of para-hydroxylation sites is 1. The summed E-state index contributed by atoms with van der Waals surface area (Å²) in [5, 5.41) is 2.97. The van der Waals surface area contributed by atoms with Crippen LogP contribution in [0.2, 0.25) is 0 Å². The van der Waals surface area contributed by atoms with Crippen molar-refractivity contribution in [3.63, 3.8) is 0 Å². The predicted octanol–water partition coefficient (Wildman–Crippen LogP) is 4.31. The average Bonchev–Trinajstić information content (AvgIpc) is 2.86. The van der Waals surface area contributed by atoms with E-state index in [1.54, 1.807) is 31.4 Å². The maximum atomic E-state index is 13.9. The Balaban J connectivity index is 2.50. The lowest BCUT2D eigenvalue weighted by atomic mass is 10.0. The Morgan fingerprint density at radius 3 is 2.11 bits per heavy atom. The van der Waals surface area contributed by atoms with Crippen LogP contribution in [0.1, 0.15) is 64.5 Å². The van der Waals surface area contributed by atoms with E-state index < -0.39 is 28.5 Å². The molecule has 0 unspecified atom stereocenters. The van der Waals surface area contributed by atoms with Crippen molar-refractivity contribution in [2.45, 2.75) is 72.0 Å². The number of anilines is 1. The van der Waals surface area contributed by atoms with E-state index in [0.717, 1.165) is 28.1 Å². The Morgan fingerprint density at radius 2 is 1.59 bits per heavy atom. The quantitative estimate of drug-likeness (QED) is 0.416. The number of carbonyl (C=O) groups excluding carboxylic acids is 2. The van der Waals surface area contributed by atoms with Gasteiger partial charge in [0.2, 0.25) is 21.8 Å². The summed E-state index contributed by atoms with van der Waals surface area (Å²) in [6.07, 6.45) is 2.23. The van der Waals surface area contributed by atoms with Gasteiger partial charge in [0.1, 0.15) is 18.3 Å². The van der Waals surface area contributed by atoms with Crippen molar-refractivity contribution < 1.29 is 22.7 Å². The summed E-state index contributed by atoms with van der Waals surface area (Å²) in [6, 6.07) is 13.6. The monoisotopic (exact) mass is 531 g/mol. The molecule has 0 aliphatic rings. The van der Waals surface area contributed by atoms with Gasteiger partial charge < -0.3 is 15.0 Å². The molecule has 0 radical (unpaired) electrons. The van der Waals surface area contributed by atoms with Crippen molar-refractivity contribution >= 4 is 27.5 Å². The number of nitrogens with one attached hydrogen (secondary N) is 1. The third-order valence-electron chi connectivity index (χ3n) is 6.41. The lowest BCUT2D eigenvalue weighted by Gasteiger charge is -2.34. The Hall–Kier alpha value is -3.07. The number of benzene rings is 2. The molecular formula is C28H41N3O5S. The standard InChI is InChI=1S/C28H41N3O5S/c1-8-21(5)29-28(33)25(9-2)30(18-22-14-16-23(36-6)17-15-22)27(32)19-31(37(7,34)35)26-13-11-10-12-24(26)20(3)4/h10-17,20-21,25H,8-9,18-19H2,1-7H3,(H,29,33)/t21-,25-/m0/s1. The molecule has 9 heteroatoms. The van der Waals surface area contributed by atoms with Crippen LogP contribution in [0.3, 0.4) is 0 Å². The molecule has 8 nitrogen and oxygen atoms in total.